The summed E-state index contributed by atoms with van der Waals surface area (Å²) in [6.07, 6.45) is 4.03. The van der Waals surface area contributed by atoms with Gasteiger partial charge in [-0.2, -0.15) is 0 Å². The van der Waals surface area contributed by atoms with E-state index in [-0.39, 0.29) is 5.71 Å². The van der Waals surface area contributed by atoms with Gasteiger partial charge in [-0.25, -0.2) is 4.79 Å². The number of pyridine rings is 1. The van der Waals surface area contributed by atoms with E-state index in [1.54, 1.807) is 12.4 Å². The normalized spacial score (nSPS) is 14.6. The standard InChI is InChI=1S/C9H8N2O2/c12-9(13)8-7-5-10-3-1-6(7)2-4-11-8/h1,3,5H,2,4H2,(H,12,13). The minimum Gasteiger partial charge on any atom is -0.477 e. The highest BCUT2D eigenvalue weighted by Crippen LogP contribution is 2.14. The summed E-state index contributed by atoms with van der Waals surface area (Å²) in [7, 11) is 0. The first-order valence-corrected chi connectivity index (χ1v) is 4.00. The Morgan fingerprint density at radius 3 is 3.15 bits per heavy atom. The second-order valence-corrected chi connectivity index (χ2v) is 2.82. The molecule has 4 heteroatoms. The Labute approximate surface area is 75.0 Å². The molecule has 0 unspecified atom stereocenters. The Morgan fingerprint density at radius 2 is 2.38 bits per heavy atom. The third-order valence-corrected chi connectivity index (χ3v) is 2.02. The molecule has 0 spiro atoms. The summed E-state index contributed by atoms with van der Waals surface area (Å²) < 4.78 is 0. The number of aliphatic carboxylic acids is 1. The van der Waals surface area contributed by atoms with Crippen LogP contribution in [0.15, 0.2) is 23.5 Å². The van der Waals surface area contributed by atoms with Crippen LogP contribution in [0, 0.1) is 0 Å². The van der Waals surface area contributed by atoms with Gasteiger partial charge in [-0.1, -0.05) is 0 Å². The van der Waals surface area contributed by atoms with Gasteiger partial charge in [-0.3, -0.25) is 9.98 Å². The number of hydrogen-bond acceptors (Lipinski definition) is 3. The first-order chi connectivity index (χ1) is 6.29. The highest BCUT2D eigenvalue weighted by atomic mass is 16.4. The number of carboxylic acids is 1. The SMILES string of the molecule is O=C(O)C1=NCCc2ccncc21. The lowest BCUT2D eigenvalue weighted by Crippen LogP contribution is -2.21. The molecule has 0 aromatic carbocycles. The summed E-state index contributed by atoms with van der Waals surface area (Å²) in [5.41, 5.74) is 1.80. The van der Waals surface area contributed by atoms with E-state index in [4.69, 9.17) is 5.11 Å². The van der Waals surface area contributed by atoms with Crippen molar-refractivity contribution in [1.82, 2.24) is 4.98 Å². The van der Waals surface area contributed by atoms with Crippen LogP contribution < -0.4 is 0 Å². The van der Waals surface area contributed by atoms with Gasteiger partial charge >= 0.3 is 5.97 Å². The predicted octanol–water partition coefficient (Wildman–Crippen LogP) is 0.511. The van der Waals surface area contributed by atoms with Crippen LogP contribution >= 0.6 is 0 Å². The molecule has 0 bridgehead atoms. The van der Waals surface area contributed by atoms with Crippen LogP contribution in [0.25, 0.3) is 0 Å². The number of nitrogens with zero attached hydrogens (tertiary/aromatic N) is 2. The predicted molar refractivity (Wildman–Crippen MR) is 47.0 cm³/mol. The Bertz CT molecular complexity index is 385. The van der Waals surface area contributed by atoms with E-state index in [0.29, 0.717) is 12.1 Å². The highest BCUT2D eigenvalue weighted by molar-refractivity contribution is 6.43. The first kappa shape index (κ1) is 7.91. The van der Waals surface area contributed by atoms with Crippen molar-refractivity contribution in [2.75, 3.05) is 6.54 Å². The van der Waals surface area contributed by atoms with Gasteiger partial charge in [0.2, 0.25) is 0 Å². The van der Waals surface area contributed by atoms with Crippen molar-refractivity contribution in [3.05, 3.63) is 29.6 Å². The molecule has 1 aromatic heterocycles. The summed E-state index contributed by atoms with van der Waals surface area (Å²) in [4.78, 5) is 18.6. The quantitative estimate of drug-likeness (QED) is 0.678. The van der Waals surface area contributed by atoms with Gasteiger partial charge in [-0.05, 0) is 18.1 Å². The number of aromatic nitrogens is 1. The molecule has 4 nitrogen and oxygen atoms in total. The van der Waals surface area contributed by atoms with Crippen LogP contribution in [0.2, 0.25) is 0 Å². The van der Waals surface area contributed by atoms with Gasteiger partial charge < -0.3 is 5.11 Å². The van der Waals surface area contributed by atoms with Crippen molar-refractivity contribution >= 4 is 11.7 Å². The van der Waals surface area contributed by atoms with Gasteiger partial charge in [0.15, 0.2) is 5.71 Å². The van der Waals surface area contributed by atoms with Gasteiger partial charge in [0.1, 0.15) is 0 Å². The fourth-order valence-corrected chi connectivity index (χ4v) is 1.41. The third-order valence-electron chi connectivity index (χ3n) is 2.02. The van der Waals surface area contributed by atoms with Gasteiger partial charge in [0, 0.05) is 24.5 Å². The van der Waals surface area contributed by atoms with Crippen LogP contribution in [-0.4, -0.2) is 28.3 Å². The van der Waals surface area contributed by atoms with Crippen molar-refractivity contribution in [2.45, 2.75) is 6.42 Å². The molecule has 66 valence electrons. The summed E-state index contributed by atoms with van der Waals surface area (Å²) >= 11 is 0. The molecule has 1 aromatic rings. The number of hydrogen-bond donors (Lipinski definition) is 1. The maximum atomic E-state index is 10.8. The molecule has 0 fully saturated rings. The summed E-state index contributed by atoms with van der Waals surface area (Å²) in [5, 5.41) is 8.83. The second-order valence-electron chi connectivity index (χ2n) is 2.82. The van der Waals surface area contributed by atoms with Crippen LogP contribution in [0.5, 0.6) is 0 Å². The average molecular weight is 176 g/mol. The molecule has 0 atom stereocenters. The number of carboxylic acid groups (broad SMARTS) is 1. The Kier molecular flexibility index (Phi) is 1.81. The summed E-state index contributed by atoms with van der Waals surface area (Å²) in [6, 6.07) is 1.84. The zero-order valence-electron chi connectivity index (χ0n) is 6.90. The van der Waals surface area contributed by atoms with Crippen LogP contribution in [0.4, 0.5) is 0 Å². The fraction of sp³-hybridized carbons (Fsp3) is 0.222. The molecule has 1 aliphatic heterocycles. The molecule has 2 rings (SSSR count). The second kappa shape index (κ2) is 2.97. The van der Waals surface area contributed by atoms with Gasteiger partial charge in [0.25, 0.3) is 0 Å². The maximum absolute atomic E-state index is 10.8. The monoisotopic (exact) mass is 176 g/mol. The van der Waals surface area contributed by atoms with E-state index in [9.17, 15) is 4.79 Å². The molecule has 0 saturated carbocycles. The average Bonchev–Trinajstić information content (AvgIpc) is 2.17. The fourth-order valence-electron chi connectivity index (χ4n) is 1.41. The smallest absolute Gasteiger partial charge is 0.354 e. The topological polar surface area (TPSA) is 62.5 Å². The Hall–Kier alpha value is -1.71. The molecule has 13 heavy (non-hydrogen) atoms. The van der Waals surface area contributed by atoms with E-state index in [2.05, 4.69) is 9.98 Å². The molecule has 2 heterocycles. The van der Waals surface area contributed by atoms with Crippen LogP contribution in [-0.2, 0) is 11.2 Å². The van der Waals surface area contributed by atoms with E-state index in [1.807, 2.05) is 6.07 Å². The Balaban J connectivity index is 2.53. The van der Waals surface area contributed by atoms with Crippen LogP contribution in [0.1, 0.15) is 11.1 Å². The third kappa shape index (κ3) is 1.30. The lowest BCUT2D eigenvalue weighted by molar-refractivity contribution is -0.129. The molecule has 0 amide bonds. The van der Waals surface area contributed by atoms with Crippen molar-refractivity contribution in [1.29, 1.82) is 0 Å². The molecule has 1 aliphatic rings. The zero-order chi connectivity index (χ0) is 9.26. The number of carbonyl (C=O) groups is 1. The van der Waals surface area contributed by atoms with E-state index in [0.717, 1.165) is 12.0 Å². The summed E-state index contributed by atoms with van der Waals surface area (Å²) in [5.74, 6) is -0.978. The van der Waals surface area contributed by atoms with Crippen molar-refractivity contribution in [3.63, 3.8) is 0 Å². The molecular formula is C9H8N2O2. The van der Waals surface area contributed by atoms with E-state index >= 15 is 0 Å². The number of fused-ring (bicyclic) bond motifs is 1. The number of rotatable bonds is 1. The first-order valence-electron chi connectivity index (χ1n) is 4.00. The largest absolute Gasteiger partial charge is 0.477 e. The molecule has 1 N–H and O–H groups in total. The van der Waals surface area contributed by atoms with Gasteiger partial charge in [0.05, 0.1) is 0 Å². The van der Waals surface area contributed by atoms with E-state index < -0.39 is 5.97 Å². The van der Waals surface area contributed by atoms with Gasteiger partial charge in [-0.15, -0.1) is 0 Å². The number of aliphatic imine (C=N–C) groups is 1. The summed E-state index contributed by atoms with van der Waals surface area (Å²) in [6.45, 7) is 0.554. The van der Waals surface area contributed by atoms with Crippen molar-refractivity contribution in [2.24, 2.45) is 4.99 Å². The Morgan fingerprint density at radius 1 is 1.54 bits per heavy atom. The maximum Gasteiger partial charge on any atom is 0.354 e. The highest BCUT2D eigenvalue weighted by Gasteiger charge is 2.19. The van der Waals surface area contributed by atoms with Crippen molar-refractivity contribution < 1.29 is 9.90 Å². The molecule has 0 radical (unpaired) electrons. The lowest BCUT2D eigenvalue weighted by atomic mass is 10.0. The van der Waals surface area contributed by atoms with Crippen LogP contribution in [0.3, 0.4) is 0 Å². The van der Waals surface area contributed by atoms with Crippen molar-refractivity contribution in [3.8, 4) is 0 Å². The minimum atomic E-state index is -0.978. The molecular weight excluding hydrogens is 168 g/mol. The zero-order valence-corrected chi connectivity index (χ0v) is 6.90. The van der Waals surface area contributed by atoms with E-state index in [1.165, 1.54) is 0 Å². The lowest BCUT2D eigenvalue weighted by Gasteiger charge is -2.12. The molecule has 0 aliphatic carbocycles. The molecule has 0 saturated heterocycles. The minimum absolute atomic E-state index is 0.134.